The monoisotopic (exact) mass is 1090 g/mol. The second-order valence-corrected chi connectivity index (χ2v) is 18.1. The van der Waals surface area contributed by atoms with E-state index in [-0.39, 0.29) is 63.3 Å². The Bertz CT molecular complexity index is 2570. The number of hydrogen-bond acceptors (Lipinski definition) is 15. The zero-order valence-electron chi connectivity index (χ0n) is 39.5. The number of nitrogens with zero attached hydrogens (tertiary/aromatic N) is 12. The molecule has 0 saturated carbocycles. The van der Waals surface area contributed by atoms with E-state index in [1.165, 1.54) is 0 Å². The number of amides is 3. The van der Waals surface area contributed by atoms with Crippen LogP contribution in [0.2, 0.25) is 0 Å². The molecule has 412 valence electrons. The van der Waals surface area contributed by atoms with E-state index in [2.05, 4.69) is 44.7 Å². The molecule has 4 aliphatic heterocycles. The number of nitrogens with two attached hydrogens (primary N) is 1. The number of aromatic carboxylic acids is 1. The van der Waals surface area contributed by atoms with Crippen molar-refractivity contribution in [1.82, 2.24) is 54.2 Å². The number of hydrogen-bond donors (Lipinski definition) is 3. The number of carbonyl (C=O) groups excluding carboxylic acids is 3. The van der Waals surface area contributed by atoms with E-state index in [1.54, 1.807) is 63.4 Å². The zero-order chi connectivity index (χ0) is 55.3. The van der Waals surface area contributed by atoms with Crippen LogP contribution in [0.15, 0.2) is 49.6 Å². The average Bonchev–Trinajstić information content (AvgIpc) is 3.97. The van der Waals surface area contributed by atoms with Crippen molar-refractivity contribution < 1.29 is 86.4 Å². The van der Waals surface area contributed by atoms with Crippen molar-refractivity contribution in [3.05, 3.63) is 72.6 Å². The van der Waals surface area contributed by atoms with Crippen LogP contribution >= 0.6 is 0 Å². The Kier molecular flexibility index (Phi) is 17.0. The fourth-order valence-electron chi connectivity index (χ4n) is 7.85. The molecule has 8 rings (SSSR count). The summed E-state index contributed by atoms with van der Waals surface area (Å²) in [6.07, 6.45) is -21.1. The third-order valence-corrected chi connectivity index (χ3v) is 12.1. The van der Waals surface area contributed by atoms with Gasteiger partial charge in [0.15, 0.2) is 5.69 Å². The number of anilines is 2. The molecule has 4 aromatic heterocycles. The number of piperidine rings is 2. The fourth-order valence-corrected chi connectivity index (χ4v) is 7.85. The molecule has 21 nitrogen and oxygen atoms in total. The maximum atomic E-state index is 12.9. The Labute approximate surface area is 417 Å². The molecular weight excluding hydrogens is 1040 g/mol. The Morgan fingerprint density at radius 2 is 0.987 bits per heavy atom. The summed E-state index contributed by atoms with van der Waals surface area (Å²) in [6, 6.07) is 0. The van der Waals surface area contributed by atoms with Crippen LogP contribution in [-0.2, 0) is 35.7 Å². The molecule has 4 aliphatic rings. The number of nitrogens with one attached hydrogen (secondary N) is 1. The molecule has 0 aliphatic carbocycles. The van der Waals surface area contributed by atoms with Gasteiger partial charge >= 0.3 is 42.9 Å². The van der Waals surface area contributed by atoms with E-state index >= 15 is 0 Å². The lowest BCUT2D eigenvalue weighted by molar-refractivity contribution is -0.309. The molecule has 0 aromatic carbocycles. The third-order valence-electron chi connectivity index (χ3n) is 12.1. The number of rotatable bonds is 7. The molecule has 2 fully saturated rings. The van der Waals surface area contributed by atoms with Crippen molar-refractivity contribution in [2.24, 2.45) is 5.73 Å². The van der Waals surface area contributed by atoms with Gasteiger partial charge in [-0.1, -0.05) is 0 Å². The summed E-state index contributed by atoms with van der Waals surface area (Å²) in [6.45, 7) is 6.49. The smallest absolute Gasteiger partial charge is 0.434 e. The topological polar surface area (TPSA) is 245 Å². The highest BCUT2D eigenvalue weighted by molar-refractivity contribution is 5.92. The Morgan fingerprint density at radius 1 is 0.600 bits per heavy atom. The summed E-state index contributed by atoms with van der Waals surface area (Å²) < 4.78 is 161. The van der Waals surface area contributed by atoms with E-state index in [1.807, 2.05) is 18.9 Å². The lowest BCUT2D eigenvalue weighted by Crippen LogP contribution is -2.55. The first-order valence-electron chi connectivity index (χ1n) is 22.5. The first-order chi connectivity index (χ1) is 34.8. The standard InChI is InChI=1S/C21H23F6N7O3.C11H11N5O2.C10H14F6N2O2/c1-19(2-6-32(7-3-19)18(36)37-17(20(22,23)24)21(25,26)27)31-16(35)13-11-33-8-9-34(12-15(33)30-13)14-10-28-4-5-29-14;17-11(18)8-6-15-3-4-16(7-10(15)14-8)9-5-12-1-2-13-9;1-8(17)2-4-18(5-3-8)7(19)20-6(9(11,12)13)10(14,15)16/h4-5,10-11,17H,2-3,6-9,12H2,1H3,(H,31,35);1-2,5-6H,3-4,7H2,(H,17,18);6H,2-5,17H2,1H3. The first-order valence-corrected chi connectivity index (χ1v) is 22.5. The van der Waals surface area contributed by atoms with Crippen LogP contribution in [-0.4, -0.2) is 165 Å². The maximum Gasteiger partial charge on any atom is 0.434 e. The van der Waals surface area contributed by atoms with Crippen LogP contribution in [0.5, 0.6) is 0 Å². The summed E-state index contributed by atoms with van der Waals surface area (Å²) >= 11 is 0. The van der Waals surface area contributed by atoms with Gasteiger partial charge in [0.1, 0.15) is 29.0 Å². The average molecular weight is 1090 g/mol. The summed E-state index contributed by atoms with van der Waals surface area (Å²) in [5, 5.41) is 11.7. The zero-order valence-corrected chi connectivity index (χ0v) is 39.5. The van der Waals surface area contributed by atoms with Crippen LogP contribution < -0.4 is 20.9 Å². The van der Waals surface area contributed by atoms with Crippen molar-refractivity contribution in [3.8, 4) is 0 Å². The van der Waals surface area contributed by atoms with Gasteiger partial charge in [0.05, 0.1) is 25.5 Å². The quantitative estimate of drug-likeness (QED) is 0.187. The second-order valence-electron chi connectivity index (χ2n) is 18.1. The number of ether oxygens (including phenoxy) is 2. The number of aromatic nitrogens is 8. The van der Waals surface area contributed by atoms with Gasteiger partial charge in [-0.2, -0.15) is 52.7 Å². The van der Waals surface area contributed by atoms with Crippen molar-refractivity contribution in [2.75, 3.05) is 49.1 Å². The molecule has 0 unspecified atom stereocenters. The number of carboxylic acids is 1. The van der Waals surface area contributed by atoms with E-state index < -0.39 is 72.1 Å². The highest BCUT2D eigenvalue weighted by atomic mass is 19.4. The minimum absolute atomic E-state index is 0.0474. The Morgan fingerprint density at radius 3 is 1.36 bits per heavy atom. The minimum Gasteiger partial charge on any atom is -0.476 e. The number of fused-ring (bicyclic) bond motifs is 2. The summed E-state index contributed by atoms with van der Waals surface area (Å²) in [4.78, 5) is 77.7. The Balaban J connectivity index is 0.000000202. The largest absolute Gasteiger partial charge is 0.476 e. The number of carbonyl (C=O) groups is 4. The van der Waals surface area contributed by atoms with Crippen LogP contribution in [0.3, 0.4) is 0 Å². The molecular formula is C42H48F12N14O7. The van der Waals surface area contributed by atoms with Crippen LogP contribution in [0, 0.1) is 0 Å². The van der Waals surface area contributed by atoms with Crippen LogP contribution in [0.25, 0.3) is 0 Å². The van der Waals surface area contributed by atoms with Gasteiger partial charge in [-0.15, -0.1) is 0 Å². The second kappa shape index (κ2) is 22.3. The third kappa shape index (κ3) is 15.2. The van der Waals surface area contributed by atoms with E-state index in [0.717, 1.165) is 28.0 Å². The molecule has 2 saturated heterocycles. The molecule has 4 aromatic rings. The summed E-state index contributed by atoms with van der Waals surface area (Å²) in [5.41, 5.74) is 4.54. The summed E-state index contributed by atoms with van der Waals surface area (Å²) in [7, 11) is 0. The predicted molar refractivity (Wildman–Crippen MR) is 232 cm³/mol. The van der Waals surface area contributed by atoms with Gasteiger partial charge in [-0.25, -0.2) is 34.3 Å². The SMILES string of the molecule is CC1(N)CCN(C(=O)OC(C(F)(F)F)C(F)(F)F)CC1.CC1(NC(=O)c2cn3c(n2)CN(c2cnccn2)CC3)CCN(C(=O)OC(C(F)(F)F)C(F)(F)F)CC1.O=C(O)c1cn2c(n1)CN(c1cnccn1)CC2. The van der Waals surface area contributed by atoms with E-state index in [9.17, 15) is 71.9 Å². The molecule has 0 spiro atoms. The molecule has 0 atom stereocenters. The molecule has 3 amide bonds. The normalized spacial score (nSPS) is 17.7. The van der Waals surface area contributed by atoms with Crippen molar-refractivity contribution >= 4 is 35.7 Å². The molecule has 0 bridgehead atoms. The lowest BCUT2D eigenvalue weighted by Gasteiger charge is -2.39. The number of likely N-dealkylation sites (tertiary alicyclic amines) is 2. The molecule has 75 heavy (non-hydrogen) atoms. The van der Waals surface area contributed by atoms with Crippen molar-refractivity contribution in [2.45, 2.75) is 114 Å². The van der Waals surface area contributed by atoms with Gasteiger partial charge in [-0.05, 0) is 39.5 Å². The van der Waals surface area contributed by atoms with E-state index in [0.29, 0.717) is 44.4 Å². The van der Waals surface area contributed by atoms with E-state index in [4.69, 9.17) is 10.8 Å². The first kappa shape index (κ1) is 57.1. The maximum absolute atomic E-state index is 12.9. The van der Waals surface area contributed by atoms with Crippen LogP contribution in [0.1, 0.15) is 72.2 Å². The number of halogens is 12. The molecule has 4 N–H and O–H groups in total. The van der Waals surface area contributed by atoms with Crippen molar-refractivity contribution in [1.29, 1.82) is 0 Å². The fraction of sp³-hybridized carbons (Fsp3) is 0.571. The highest BCUT2D eigenvalue weighted by Gasteiger charge is 2.61. The number of alkyl halides is 12. The number of imidazole rings is 2. The van der Waals surface area contributed by atoms with Crippen LogP contribution in [0.4, 0.5) is 73.9 Å². The minimum atomic E-state index is -5.79. The highest BCUT2D eigenvalue weighted by Crippen LogP contribution is 2.38. The van der Waals surface area contributed by atoms with Gasteiger partial charge in [0.2, 0.25) is 0 Å². The van der Waals surface area contributed by atoms with Crippen molar-refractivity contribution in [3.63, 3.8) is 0 Å². The Hall–Kier alpha value is -7.22. The molecule has 33 heteroatoms. The van der Waals surface area contributed by atoms with Gasteiger partial charge in [0.25, 0.3) is 18.1 Å². The van der Waals surface area contributed by atoms with Gasteiger partial charge in [0, 0.05) is 101 Å². The molecule has 0 radical (unpaired) electrons. The van der Waals surface area contributed by atoms with Gasteiger partial charge < -0.3 is 54.4 Å². The number of carboxylic acid groups (broad SMARTS) is 1. The summed E-state index contributed by atoms with van der Waals surface area (Å²) in [5.74, 6) is 1.36. The lowest BCUT2D eigenvalue weighted by atomic mass is 9.89. The predicted octanol–water partition coefficient (Wildman–Crippen LogP) is 5.73. The molecule has 8 heterocycles. The van der Waals surface area contributed by atoms with Gasteiger partial charge in [-0.3, -0.25) is 14.8 Å².